The molecule has 3 rings (SSSR count). The highest BCUT2D eigenvalue weighted by Gasteiger charge is 2.02. The Morgan fingerprint density at radius 1 is 1.14 bits per heavy atom. The highest BCUT2D eigenvalue weighted by molar-refractivity contribution is 5.84. The molecule has 0 saturated carbocycles. The Kier molecular flexibility index (Phi) is 3.73. The predicted octanol–water partition coefficient (Wildman–Crippen LogP) is 4.16. The molecule has 0 aliphatic rings. The van der Waals surface area contributed by atoms with Crippen molar-refractivity contribution in [1.82, 2.24) is 4.98 Å². The SMILES string of the molecule is COc1ccc(NCc2cccc3cnccc23)cc1C. The standard InChI is InChI=1S/C18H18N2O/c1-13-10-16(6-7-18(13)21-2)20-12-15-5-3-4-14-11-19-9-8-17(14)15/h3-11,20H,12H2,1-2H3. The number of methoxy groups -OCH3 is 1. The van der Waals surface area contributed by atoms with Crippen LogP contribution in [0.4, 0.5) is 5.69 Å². The maximum absolute atomic E-state index is 5.29. The number of anilines is 1. The number of nitrogens with one attached hydrogen (secondary N) is 1. The van der Waals surface area contributed by atoms with Crippen LogP contribution in [0.1, 0.15) is 11.1 Å². The monoisotopic (exact) mass is 278 g/mol. The van der Waals surface area contributed by atoms with Gasteiger partial charge in [-0.1, -0.05) is 18.2 Å². The van der Waals surface area contributed by atoms with E-state index in [1.807, 2.05) is 31.5 Å². The summed E-state index contributed by atoms with van der Waals surface area (Å²) in [5.74, 6) is 0.914. The lowest BCUT2D eigenvalue weighted by Gasteiger charge is -2.11. The van der Waals surface area contributed by atoms with Gasteiger partial charge >= 0.3 is 0 Å². The molecule has 3 nitrogen and oxygen atoms in total. The normalized spacial score (nSPS) is 10.6. The van der Waals surface area contributed by atoms with Gasteiger partial charge in [0.15, 0.2) is 0 Å². The zero-order valence-electron chi connectivity index (χ0n) is 12.3. The van der Waals surface area contributed by atoms with E-state index in [4.69, 9.17) is 4.74 Å². The van der Waals surface area contributed by atoms with Crippen LogP contribution in [0.15, 0.2) is 54.9 Å². The van der Waals surface area contributed by atoms with Crippen LogP contribution in [0.2, 0.25) is 0 Å². The van der Waals surface area contributed by atoms with Gasteiger partial charge < -0.3 is 10.1 Å². The molecule has 0 saturated heterocycles. The second kappa shape index (κ2) is 5.83. The van der Waals surface area contributed by atoms with Crippen molar-refractivity contribution < 1.29 is 4.74 Å². The molecule has 3 aromatic rings. The van der Waals surface area contributed by atoms with Crippen LogP contribution in [-0.4, -0.2) is 12.1 Å². The Morgan fingerprint density at radius 2 is 2.05 bits per heavy atom. The number of rotatable bonds is 4. The van der Waals surface area contributed by atoms with Crippen molar-refractivity contribution in [1.29, 1.82) is 0 Å². The third-order valence-electron chi connectivity index (χ3n) is 3.65. The number of benzene rings is 2. The molecule has 1 heterocycles. The molecule has 0 fully saturated rings. The van der Waals surface area contributed by atoms with Crippen LogP contribution in [0.3, 0.4) is 0 Å². The molecule has 3 heteroatoms. The average Bonchev–Trinajstić information content (AvgIpc) is 2.53. The maximum Gasteiger partial charge on any atom is 0.121 e. The molecule has 0 amide bonds. The molecule has 0 bridgehead atoms. The summed E-state index contributed by atoms with van der Waals surface area (Å²) in [5, 5.41) is 5.88. The number of pyridine rings is 1. The topological polar surface area (TPSA) is 34.1 Å². The van der Waals surface area contributed by atoms with Crippen LogP contribution in [0.25, 0.3) is 10.8 Å². The van der Waals surface area contributed by atoms with Gasteiger partial charge in [0, 0.05) is 30.0 Å². The van der Waals surface area contributed by atoms with Crippen LogP contribution in [0.5, 0.6) is 5.75 Å². The Hall–Kier alpha value is -2.55. The first-order valence-corrected chi connectivity index (χ1v) is 6.98. The number of nitrogens with zero attached hydrogens (tertiary/aromatic N) is 1. The minimum Gasteiger partial charge on any atom is -0.496 e. The summed E-state index contributed by atoms with van der Waals surface area (Å²) in [6.45, 7) is 2.83. The molecule has 1 aromatic heterocycles. The van der Waals surface area contributed by atoms with Gasteiger partial charge in [-0.05, 0) is 47.7 Å². The molecule has 0 unspecified atom stereocenters. The molecule has 0 aliphatic carbocycles. The Labute approximate surface area is 124 Å². The zero-order chi connectivity index (χ0) is 14.7. The zero-order valence-corrected chi connectivity index (χ0v) is 12.3. The first kappa shape index (κ1) is 13.4. The number of hydrogen-bond donors (Lipinski definition) is 1. The lowest BCUT2D eigenvalue weighted by Crippen LogP contribution is -2.00. The lowest BCUT2D eigenvalue weighted by atomic mass is 10.1. The summed E-state index contributed by atoms with van der Waals surface area (Å²) in [5.41, 5.74) is 3.49. The Bertz CT molecular complexity index is 763. The van der Waals surface area contributed by atoms with E-state index < -0.39 is 0 Å². The minimum absolute atomic E-state index is 0.785. The fourth-order valence-electron chi connectivity index (χ4n) is 2.53. The Balaban J connectivity index is 1.82. The van der Waals surface area contributed by atoms with Gasteiger partial charge in [-0.2, -0.15) is 0 Å². The molecular formula is C18H18N2O. The number of hydrogen-bond acceptors (Lipinski definition) is 3. The van der Waals surface area contributed by atoms with Gasteiger partial charge in [0.25, 0.3) is 0 Å². The fourth-order valence-corrected chi connectivity index (χ4v) is 2.53. The van der Waals surface area contributed by atoms with Gasteiger partial charge in [-0.25, -0.2) is 0 Å². The smallest absolute Gasteiger partial charge is 0.121 e. The van der Waals surface area contributed by atoms with Crippen molar-refractivity contribution in [3.63, 3.8) is 0 Å². The molecule has 0 atom stereocenters. The Morgan fingerprint density at radius 3 is 2.86 bits per heavy atom. The van der Waals surface area contributed by atoms with E-state index in [-0.39, 0.29) is 0 Å². The van der Waals surface area contributed by atoms with Gasteiger partial charge in [0.1, 0.15) is 5.75 Å². The first-order valence-electron chi connectivity index (χ1n) is 6.98. The number of aromatic nitrogens is 1. The van der Waals surface area contributed by atoms with E-state index in [2.05, 4.69) is 40.6 Å². The predicted molar refractivity (Wildman–Crippen MR) is 86.8 cm³/mol. The van der Waals surface area contributed by atoms with Crippen molar-refractivity contribution >= 4 is 16.5 Å². The summed E-state index contributed by atoms with van der Waals surface area (Å²) in [7, 11) is 1.69. The van der Waals surface area contributed by atoms with Crippen molar-refractivity contribution in [3.05, 3.63) is 66.0 Å². The van der Waals surface area contributed by atoms with Gasteiger partial charge in [-0.15, -0.1) is 0 Å². The van der Waals surface area contributed by atoms with E-state index in [1.54, 1.807) is 7.11 Å². The van der Waals surface area contributed by atoms with E-state index in [0.29, 0.717) is 0 Å². The summed E-state index contributed by atoms with van der Waals surface area (Å²) in [6, 6.07) is 14.5. The summed E-state index contributed by atoms with van der Waals surface area (Å²) >= 11 is 0. The highest BCUT2D eigenvalue weighted by atomic mass is 16.5. The third kappa shape index (κ3) is 2.82. The molecule has 21 heavy (non-hydrogen) atoms. The average molecular weight is 278 g/mol. The van der Waals surface area contributed by atoms with Crippen molar-refractivity contribution in [3.8, 4) is 5.75 Å². The summed E-state index contributed by atoms with van der Waals surface area (Å²) in [6.07, 6.45) is 3.74. The minimum atomic E-state index is 0.785. The summed E-state index contributed by atoms with van der Waals surface area (Å²) < 4.78 is 5.29. The fraction of sp³-hybridized carbons (Fsp3) is 0.167. The molecular weight excluding hydrogens is 260 g/mol. The van der Waals surface area contributed by atoms with Gasteiger partial charge in [0.05, 0.1) is 7.11 Å². The van der Waals surface area contributed by atoms with E-state index >= 15 is 0 Å². The van der Waals surface area contributed by atoms with Crippen LogP contribution in [0, 0.1) is 6.92 Å². The third-order valence-corrected chi connectivity index (χ3v) is 3.65. The number of aryl methyl sites for hydroxylation is 1. The van der Waals surface area contributed by atoms with Crippen LogP contribution in [-0.2, 0) is 6.54 Å². The molecule has 2 aromatic carbocycles. The second-order valence-electron chi connectivity index (χ2n) is 5.05. The lowest BCUT2D eigenvalue weighted by molar-refractivity contribution is 0.412. The van der Waals surface area contributed by atoms with E-state index in [9.17, 15) is 0 Å². The molecule has 1 N–H and O–H groups in total. The largest absolute Gasteiger partial charge is 0.496 e. The van der Waals surface area contributed by atoms with Crippen molar-refractivity contribution in [2.75, 3.05) is 12.4 Å². The molecule has 0 radical (unpaired) electrons. The van der Waals surface area contributed by atoms with Gasteiger partial charge in [0.2, 0.25) is 0 Å². The molecule has 0 spiro atoms. The van der Waals surface area contributed by atoms with Gasteiger partial charge in [-0.3, -0.25) is 4.98 Å². The van der Waals surface area contributed by atoms with Crippen molar-refractivity contribution in [2.45, 2.75) is 13.5 Å². The van der Waals surface area contributed by atoms with Crippen LogP contribution < -0.4 is 10.1 Å². The quantitative estimate of drug-likeness (QED) is 0.778. The molecule has 106 valence electrons. The van der Waals surface area contributed by atoms with Crippen LogP contribution >= 0.6 is 0 Å². The number of fused-ring (bicyclic) bond motifs is 1. The second-order valence-corrected chi connectivity index (χ2v) is 5.05. The summed E-state index contributed by atoms with van der Waals surface area (Å²) in [4.78, 5) is 4.17. The van der Waals surface area contributed by atoms with E-state index in [0.717, 1.165) is 23.5 Å². The van der Waals surface area contributed by atoms with Crippen molar-refractivity contribution in [2.24, 2.45) is 0 Å². The number of ether oxygens (including phenoxy) is 1. The highest BCUT2D eigenvalue weighted by Crippen LogP contribution is 2.23. The molecule has 0 aliphatic heterocycles. The van der Waals surface area contributed by atoms with E-state index in [1.165, 1.54) is 16.3 Å². The maximum atomic E-state index is 5.29. The first-order chi connectivity index (χ1) is 10.3.